The SMILES string of the molecule is CC(C)N(Cc1ccccc1)C[C@H]1CO1. The molecule has 1 fully saturated rings. The first kappa shape index (κ1) is 10.7. The maximum Gasteiger partial charge on any atom is 0.0936 e. The highest BCUT2D eigenvalue weighted by Gasteiger charge is 2.26. The summed E-state index contributed by atoms with van der Waals surface area (Å²) in [5, 5.41) is 0. The normalized spacial score (nSPS) is 19.9. The summed E-state index contributed by atoms with van der Waals surface area (Å²) < 4.78 is 5.29. The zero-order valence-electron chi connectivity index (χ0n) is 9.52. The van der Waals surface area contributed by atoms with Crippen LogP contribution in [0.4, 0.5) is 0 Å². The van der Waals surface area contributed by atoms with Gasteiger partial charge in [-0.3, -0.25) is 4.90 Å². The number of rotatable bonds is 5. The van der Waals surface area contributed by atoms with E-state index in [4.69, 9.17) is 4.74 Å². The summed E-state index contributed by atoms with van der Waals surface area (Å²) in [4.78, 5) is 2.47. The van der Waals surface area contributed by atoms with E-state index in [0.29, 0.717) is 12.1 Å². The topological polar surface area (TPSA) is 15.8 Å². The van der Waals surface area contributed by atoms with E-state index in [1.807, 2.05) is 0 Å². The van der Waals surface area contributed by atoms with Crippen molar-refractivity contribution < 1.29 is 4.74 Å². The first-order chi connectivity index (χ1) is 7.25. The van der Waals surface area contributed by atoms with E-state index in [9.17, 15) is 0 Å². The summed E-state index contributed by atoms with van der Waals surface area (Å²) in [6, 6.07) is 11.2. The molecule has 1 aliphatic heterocycles. The van der Waals surface area contributed by atoms with Crippen LogP contribution in [0.3, 0.4) is 0 Å². The molecular formula is C13H19NO. The van der Waals surface area contributed by atoms with Gasteiger partial charge in [0, 0.05) is 19.1 Å². The van der Waals surface area contributed by atoms with E-state index < -0.39 is 0 Å². The molecule has 0 amide bonds. The van der Waals surface area contributed by atoms with Crippen molar-refractivity contribution in [3.8, 4) is 0 Å². The van der Waals surface area contributed by atoms with Gasteiger partial charge in [0.2, 0.25) is 0 Å². The summed E-state index contributed by atoms with van der Waals surface area (Å²) in [5.41, 5.74) is 1.38. The molecule has 0 saturated carbocycles. The third kappa shape index (κ3) is 3.33. The van der Waals surface area contributed by atoms with Gasteiger partial charge in [0.15, 0.2) is 0 Å². The fourth-order valence-corrected chi connectivity index (χ4v) is 1.71. The molecule has 82 valence electrons. The van der Waals surface area contributed by atoms with Crippen molar-refractivity contribution in [2.24, 2.45) is 0 Å². The van der Waals surface area contributed by atoms with Crippen LogP contribution in [0.15, 0.2) is 30.3 Å². The minimum atomic E-state index is 0.483. The zero-order valence-corrected chi connectivity index (χ0v) is 9.52. The third-order valence-corrected chi connectivity index (χ3v) is 2.80. The molecule has 1 aliphatic rings. The summed E-state index contributed by atoms with van der Waals surface area (Å²) >= 11 is 0. The molecule has 15 heavy (non-hydrogen) atoms. The van der Waals surface area contributed by atoms with Crippen LogP contribution in [0.1, 0.15) is 19.4 Å². The quantitative estimate of drug-likeness (QED) is 0.685. The van der Waals surface area contributed by atoms with Crippen molar-refractivity contribution in [2.75, 3.05) is 13.2 Å². The van der Waals surface area contributed by atoms with Gasteiger partial charge in [0.05, 0.1) is 12.7 Å². The summed E-state index contributed by atoms with van der Waals surface area (Å²) in [5.74, 6) is 0. The van der Waals surface area contributed by atoms with Crippen molar-refractivity contribution >= 4 is 0 Å². The van der Waals surface area contributed by atoms with Gasteiger partial charge < -0.3 is 4.74 Å². The first-order valence-corrected chi connectivity index (χ1v) is 5.65. The van der Waals surface area contributed by atoms with E-state index in [1.54, 1.807) is 0 Å². The van der Waals surface area contributed by atoms with Gasteiger partial charge >= 0.3 is 0 Å². The van der Waals surface area contributed by atoms with Gasteiger partial charge in [-0.25, -0.2) is 0 Å². The smallest absolute Gasteiger partial charge is 0.0936 e. The van der Waals surface area contributed by atoms with Gasteiger partial charge in [-0.2, -0.15) is 0 Å². The van der Waals surface area contributed by atoms with Crippen molar-refractivity contribution in [3.63, 3.8) is 0 Å². The van der Waals surface area contributed by atoms with E-state index in [0.717, 1.165) is 19.7 Å². The van der Waals surface area contributed by atoms with Gasteiger partial charge in [-0.15, -0.1) is 0 Å². The lowest BCUT2D eigenvalue weighted by molar-refractivity contribution is 0.191. The lowest BCUT2D eigenvalue weighted by atomic mass is 10.2. The van der Waals surface area contributed by atoms with Crippen LogP contribution in [0.5, 0.6) is 0 Å². The minimum absolute atomic E-state index is 0.483. The molecule has 0 aliphatic carbocycles. The summed E-state index contributed by atoms with van der Waals surface area (Å²) in [6.07, 6.45) is 0.483. The second-order valence-electron chi connectivity index (χ2n) is 4.46. The Kier molecular flexibility index (Phi) is 3.39. The molecule has 2 rings (SSSR count). The van der Waals surface area contributed by atoms with Crippen LogP contribution in [0.2, 0.25) is 0 Å². The molecular weight excluding hydrogens is 186 g/mol. The molecule has 1 atom stereocenters. The van der Waals surface area contributed by atoms with Crippen LogP contribution in [-0.4, -0.2) is 30.2 Å². The predicted octanol–water partition coefficient (Wildman–Crippen LogP) is 2.30. The van der Waals surface area contributed by atoms with E-state index in [-0.39, 0.29) is 0 Å². The monoisotopic (exact) mass is 205 g/mol. The fourth-order valence-electron chi connectivity index (χ4n) is 1.71. The van der Waals surface area contributed by atoms with Crippen LogP contribution >= 0.6 is 0 Å². The second-order valence-corrected chi connectivity index (χ2v) is 4.46. The lowest BCUT2D eigenvalue weighted by Crippen LogP contribution is -2.33. The largest absolute Gasteiger partial charge is 0.372 e. The average molecular weight is 205 g/mol. The van der Waals surface area contributed by atoms with Crippen molar-refractivity contribution in [2.45, 2.75) is 32.5 Å². The Balaban J connectivity index is 1.93. The number of benzene rings is 1. The third-order valence-electron chi connectivity index (χ3n) is 2.80. The molecule has 0 N–H and O–H groups in total. The molecule has 1 saturated heterocycles. The molecule has 0 radical (unpaired) electrons. The molecule has 0 bridgehead atoms. The average Bonchev–Trinajstić information content (AvgIpc) is 3.02. The molecule has 2 nitrogen and oxygen atoms in total. The maximum absolute atomic E-state index is 5.29. The van der Waals surface area contributed by atoms with Crippen LogP contribution in [0.25, 0.3) is 0 Å². The molecule has 2 heteroatoms. The highest BCUT2D eigenvalue weighted by atomic mass is 16.6. The molecule has 0 aromatic heterocycles. The van der Waals surface area contributed by atoms with E-state index in [2.05, 4.69) is 49.1 Å². The number of hydrogen-bond donors (Lipinski definition) is 0. The second kappa shape index (κ2) is 4.77. The van der Waals surface area contributed by atoms with Crippen molar-refractivity contribution in [1.82, 2.24) is 4.90 Å². The summed E-state index contributed by atoms with van der Waals surface area (Å²) in [7, 11) is 0. The number of epoxide rings is 1. The Labute approximate surface area is 91.9 Å². The predicted molar refractivity (Wildman–Crippen MR) is 61.7 cm³/mol. The Morgan fingerprint density at radius 3 is 2.53 bits per heavy atom. The maximum atomic E-state index is 5.29. The molecule has 1 aromatic carbocycles. The number of nitrogens with zero attached hydrogens (tertiary/aromatic N) is 1. The number of hydrogen-bond acceptors (Lipinski definition) is 2. The van der Waals surface area contributed by atoms with Gasteiger partial charge in [-0.05, 0) is 19.4 Å². The van der Waals surface area contributed by atoms with Gasteiger partial charge in [-0.1, -0.05) is 30.3 Å². The minimum Gasteiger partial charge on any atom is -0.372 e. The molecule has 0 unspecified atom stereocenters. The van der Waals surface area contributed by atoms with Gasteiger partial charge in [0.25, 0.3) is 0 Å². The Bertz CT molecular complexity index is 293. The Hall–Kier alpha value is -0.860. The Morgan fingerprint density at radius 2 is 2.00 bits per heavy atom. The van der Waals surface area contributed by atoms with Crippen LogP contribution < -0.4 is 0 Å². The van der Waals surface area contributed by atoms with Gasteiger partial charge in [0.1, 0.15) is 0 Å². The highest BCUT2D eigenvalue weighted by molar-refractivity contribution is 5.14. The summed E-state index contributed by atoms with van der Waals surface area (Å²) in [6.45, 7) is 7.51. The zero-order chi connectivity index (χ0) is 10.7. The first-order valence-electron chi connectivity index (χ1n) is 5.65. The lowest BCUT2D eigenvalue weighted by Gasteiger charge is -2.25. The Morgan fingerprint density at radius 1 is 1.33 bits per heavy atom. The van der Waals surface area contributed by atoms with Crippen LogP contribution in [-0.2, 0) is 11.3 Å². The highest BCUT2D eigenvalue weighted by Crippen LogP contribution is 2.15. The van der Waals surface area contributed by atoms with E-state index >= 15 is 0 Å². The van der Waals surface area contributed by atoms with E-state index in [1.165, 1.54) is 5.56 Å². The van der Waals surface area contributed by atoms with Crippen molar-refractivity contribution in [3.05, 3.63) is 35.9 Å². The molecule has 0 spiro atoms. The standard InChI is InChI=1S/C13H19NO/c1-11(2)14(9-13-10-15-13)8-12-6-4-3-5-7-12/h3-7,11,13H,8-10H2,1-2H3/t13-/m0/s1. The molecule has 1 heterocycles. The molecule has 1 aromatic rings. The fraction of sp³-hybridized carbons (Fsp3) is 0.538. The number of ether oxygens (including phenoxy) is 1. The van der Waals surface area contributed by atoms with Crippen LogP contribution in [0, 0.1) is 0 Å². The van der Waals surface area contributed by atoms with Crippen molar-refractivity contribution in [1.29, 1.82) is 0 Å².